The zero-order valence-electron chi connectivity index (χ0n) is 12.8. The molecule has 0 spiro atoms. The fourth-order valence-electron chi connectivity index (χ4n) is 2.82. The van der Waals surface area contributed by atoms with Crippen LogP contribution in [-0.2, 0) is 25.9 Å². The predicted octanol–water partition coefficient (Wildman–Crippen LogP) is 2.40. The monoisotopic (exact) mass is 299 g/mol. The minimum atomic E-state index is 0.0853. The van der Waals surface area contributed by atoms with Crippen LogP contribution in [0.4, 0.5) is 0 Å². The highest BCUT2D eigenvalue weighted by molar-refractivity contribution is 5.39. The van der Waals surface area contributed by atoms with Crippen LogP contribution in [0.5, 0.6) is 11.5 Å². The van der Waals surface area contributed by atoms with Crippen LogP contribution in [-0.4, -0.2) is 31.6 Å². The SMILES string of the molecule is CCCc1ncc2c(n1)CCN(Cc1ccc(O)cc1O)C2. The van der Waals surface area contributed by atoms with Gasteiger partial charge in [0.25, 0.3) is 0 Å². The summed E-state index contributed by atoms with van der Waals surface area (Å²) in [5.74, 6) is 1.16. The van der Waals surface area contributed by atoms with Crippen LogP contribution in [0.2, 0.25) is 0 Å². The van der Waals surface area contributed by atoms with Crippen molar-refractivity contribution in [2.24, 2.45) is 0 Å². The van der Waals surface area contributed by atoms with Crippen LogP contribution in [0.15, 0.2) is 24.4 Å². The van der Waals surface area contributed by atoms with Crippen molar-refractivity contribution < 1.29 is 10.2 Å². The zero-order chi connectivity index (χ0) is 15.5. The fourth-order valence-corrected chi connectivity index (χ4v) is 2.82. The number of aryl methyl sites for hydroxylation is 1. The average Bonchev–Trinajstić information content (AvgIpc) is 2.50. The molecule has 0 atom stereocenters. The summed E-state index contributed by atoms with van der Waals surface area (Å²) in [6.07, 6.45) is 4.84. The highest BCUT2D eigenvalue weighted by atomic mass is 16.3. The molecule has 0 aliphatic carbocycles. The summed E-state index contributed by atoms with van der Waals surface area (Å²) >= 11 is 0. The van der Waals surface area contributed by atoms with Crippen LogP contribution in [0.3, 0.4) is 0 Å². The molecule has 1 aliphatic heterocycles. The van der Waals surface area contributed by atoms with Gasteiger partial charge in [0.1, 0.15) is 17.3 Å². The number of hydrogen-bond donors (Lipinski definition) is 2. The van der Waals surface area contributed by atoms with Gasteiger partial charge >= 0.3 is 0 Å². The normalized spacial score (nSPS) is 14.8. The van der Waals surface area contributed by atoms with Crippen LogP contribution >= 0.6 is 0 Å². The second-order valence-electron chi connectivity index (χ2n) is 5.78. The quantitative estimate of drug-likeness (QED) is 0.907. The molecule has 1 aliphatic rings. The number of benzene rings is 1. The number of rotatable bonds is 4. The Hall–Kier alpha value is -2.14. The first-order valence-corrected chi connectivity index (χ1v) is 7.72. The lowest BCUT2D eigenvalue weighted by Crippen LogP contribution is -2.31. The number of phenols is 2. The van der Waals surface area contributed by atoms with Crippen molar-refractivity contribution in [1.29, 1.82) is 0 Å². The van der Waals surface area contributed by atoms with Crippen molar-refractivity contribution in [1.82, 2.24) is 14.9 Å². The van der Waals surface area contributed by atoms with Gasteiger partial charge in [0.2, 0.25) is 0 Å². The standard InChI is InChI=1S/C17H21N3O2/c1-2-3-17-18-9-13-11-20(7-6-15(13)19-17)10-12-4-5-14(21)8-16(12)22/h4-5,8-9,21-22H,2-3,6-7,10-11H2,1H3. The number of aromatic nitrogens is 2. The van der Waals surface area contributed by atoms with E-state index in [1.807, 2.05) is 6.20 Å². The number of hydrogen-bond acceptors (Lipinski definition) is 5. The third-order valence-corrected chi connectivity index (χ3v) is 4.00. The lowest BCUT2D eigenvalue weighted by molar-refractivity contribution is 0.239. The van der Waals surface area contributed by atoms with Crippen LogP contribution in [0.25, 0.3) is 0 Å². The molecule has 0 fully saturated rings. The number of nitrogens with zero attached hydrogens (tertiary/aromatic N) is 3. The van der Waals surface area contributed by atoms with E-state index in [0.29, 0.717) is 6.54 Å². The van der Waals surface area contributed by atoms with Crippen molar-refractivity contribution in [3.63, 3.8) is 0 Å². The molecular weight excluding hydrogens is 278 g/mol. The van der Waals surface area contributed by atoms with E-state index in [2.05, 4.69) is 21.8 Å². The van der Waals surface area contributed by atoms with E-state index in [9.17, 15) is 10.2 Å². The van der Waals surface area contributed by atoms with Gasteiger partial charge in [0.05, 0.1) is 0 Å². The minimum Gasteiger partial charge on any atom is -0.508 e. The smallest absolute Gasteiger partial charge is 0.128 e. The van der Waals surface area contributed by atoms with Crippen LogP contribution in [0.1, 0.15) is 36.0 Å². The molecule has 0 unspecified atom stereocenters. The van der Waals surface area contributed by atoms with Gasteiger partial charge in [-0.3, -0.25) is 4.90 Å². The minimum absolute atomic E-state index is 0.0853. The van der Waals surface area contributed by atoms with Gasteiger partial charge in [-0.1, -0.05) is 13.0 Å². The van der Waals surface area contributed by atoms with Crippen molar-refractivity contribution >= 4 is 0 Å². The second kappa shape index (κ2) is 6.32. The molecule has 0 amide bonds. The first kappa shape index (κ1) is 14.8. The molecule has 0 saturated carbocycles. The summed E-state index contributed by atoms with van der Waals surface area (Å²) in [6.45, 7) is 4.49. The summed E-state index contributed by atoms with van der Waals surface area (Å²) in [7, 11) is 0. The Labute approximate surface area is 130 Å². The van der Waals surface area contributed by atoms with E-state index < -0.39 is 0 Å². The van der Waals surface area contributed by atoms with Crippen molar-refractivity contribution in [3.05, 3.63) is 47.0 Å². The summed E-state index contributed by atoms with van der Waals surface area (Å²) in [5, 5.41) is 19.3. The lowest BCUT2D eigenvalue weighted by atomic mass is 10.1. The van der Waals surface area contributed by atoms with Gasteiger partial charge in [-0.15, -0.1) is 0 Å². The van der Waals surface area contributed by atoms with E-state index >= 15 is 0 Å². The number of aromatic hydroxyl groups is 2. The zero-order valence-corrected chi connectivity index (χ0v) is 12.8. The van der Waals surface area contributed by atoms with Gasteiger partial charge in [0, 0.05) is 61.6 Å². The third kappa shape index (κ3) is 3.20. The maximum absolute atomic E-state index is 9.90. The van der Waals surface area contributed by atoms with Gasteiger partial charge in [-0.05, 0) is 12.5 Å². The van der Waals surface area contributed by atoms with Crippen LogP contribution in [0, 0.1) is 0 Å². The summed E-state index contributed by atoms with van der Waals surface area (Å²) in [4.78, 5) is 11.3. The fraction of sp³-hybridized carbons (Fsp3) is 0.412. The molecule has 22 heavy (non-hydrogen) atoms. The Morgan fingerprint density at radius 3 is 2.91 bits per heavy atom. The van der Waals surface area contributed by atoms with Crippen molar-refractivity contribution in [3.8, 4) is 11.5 Å². The molecule has 0 bridgehead atoms. The topological polar surface area (TPSA) is 69.5 Å². The molecule has 5 nitrogen and oxygen atoms in total. The Bertz CT molecular complexity index is 673. The highest BCUT2D eigenvalue weighted by Crippen LogP contribution is 2.26. The number of phenolic OH excluding ortho intramolecular Hbond substituents is 2. The second-order valence-corrected chi connectivity index (χ2v) is 5.78. The van der Waals surface area contributed by atoms with Gasteiger partial charge in [-0.25, -0.2) is 9.97 Å². The maximum Gasteiger partial charge on any atom is 0.128 e. The van der Waals surface area contributed by atoms with E-state index in [4.69, 9.17) is 0 Å². The van der Waals surface area contributed by atoms with Gasteiger partial charge in [0.15, 0.2) is 0 Å². The summed E-state index contributed by atoms with van der Waals surface area (Å²) in [5.41, 5.74) is 3.15. The lowest BCUT2D eigenvalue weighted by Gasteiger charge is -2.28. The van der Waals surface area contributed by atoms with Crippen molar-refractivity contribution in [2.45, 2.75) is 39.3 Å². The Morgan fingerprint density at radius 1 is 1.27 bits per heavy atom. The molecule has 5 heteroatoms. The van der Waals surface area contributed by atoms with E-state index in [1.165, 1.54) is 11.6 Å². The van der Waals surface area contributed by atoms with E-state index in [-0.39, 0.29) is 11.5 Å². The largest absolute Gasteiger partial charge is 0.508 e. The third-order valence-electron chi connectivity index (χ3n) is 4.00. The molecule has 0 saturated heterocycles. The maximum atomic E-state index is 9.90. The predicted molar refractivity (Wildman–Crippen MR) is 83.6 cm³/mol. The van der Waals surface area contributed by atoms with Gasteiger partial charge < -0.3 is 10.2 Å². The van der Waals surface area contributed by atoms with Crippen molar-refractivity contribution in [2.75, 3.05) is 6.54 Å². The molecule has 0 radical (unpaired) electrons. The van der Waals surface area contributed by atoms with Crippen LogP contribution < -0.4 is 0 Å². The molecular formula is C17H21N3O2. The highest BCUT2D eigenvalue weighted by Gasteiger charge is 2.19. The molecule has 2 aromatic rings. The Kier molecular flexibility index (Phi) is 4.24. The first-order chi connectivity index (χ1) is 10.7. The first-order valence-electron chi connectivity index (χ1n) is 7.72. The Balaban J connectivity index is 1.71. The molecule has 116 valence electrons. The molecule has 1 aromatic heterocycles. The van der Waals surface area contributed by atoms with E-state index in [0.717, 1.165) is 49.4 Å². The van der Waals surface area contributed by atoms with Gasteiger partial charge in [-0.2, -0.15) is 0 Å². The molecule has 2 N–H and O–H groups in total. The number of fused-ring (bicyclic) bond motifs is 1. The summed E-state index contributed by atoms with van der Waals surface area (Å²) in [6, 6.07) is 4.75. The summed E-state index contributed by atoms with van der Waals surface area (Å²) < 4.78 is 0. The molecule has 2 heterocycles. The Morgan fingerprint density at radius 2 is 2.14 bits per heavy atom. The van der Waals surface area contributed by atoms with E-state index in [1.54, 1.807) is 12.1 Å². The average molecular weight is 299 g/mol. The molecule has 3 rings (SSSR count). The molecule has 1 aromatic carbocycles.